The van der Waals surface area contributed by atoms with Crippen molar-refractivity contribution >= 4 is 23.2 Å². The van der Waals surface area contributed by atoms with E-state index in [-0.39, 0.29) is 5.41 Å². The number of aliphatic hydroxyl groups is 1. The standard InChI is InChI=1S/C18H20Cl2O/c1-18(2,3)13-9-7-12(8-10-13)17(21)11-14-15(19)5-4-6-16(14)20/h4-10,17,21H,11H2,1-3H3. The average Bonchev–Trinajstić information content (AvgIpc) is 2.42. The van der Waals surface area contributed by atoms with Gasteiger partial charge in [0.2, 0.25) is 0 Å². The lowest BCUT2D eigenvalue weighted by atomic mass is 9.86. The van der Waals surface area contributed by atoms with Crippen LogP contribution in [0.25, 0.3) is 0 Å². The molecule has 0 aromatic heterocycles. The van der Waals surface area contributed by atoms with Crippen LogP contribution < -0.4 is 0 Å². The Labute approximate surface area is 136 Å². The first-order valence-electron chi connectivity index (χ1n) is 7.00. The number of hydrogen-bond donors (Lipinski definition) is 1. The summed E-state index contributed by atoms with van der Waals surface area (Å²) >= 11 is 12.3. The van der Waals surface area contributed by atoms with Crippen molar-refractivity contribution in [3.05, 3.63) is 69.2 Å². The third kappa shape index (κ3) is 4.00. The summed E-state index contributed by atoms with van der Waals surface area (Å²) in [7, 11) is 0. The van der Waals surface area contributed by atoms with Gasteiger partial charge in [-0.05, 0) is 34.2 Å². The van der Waals surface area contributed by atoms with Crippen molar-refractivity contribution < 1.29 is 5.11 Å². The molecular formula is C18H20Cl2O. The van der Waals surface area contributed by atoms with Crippen LogP contribution in [0.4, 0.5) is 0 Å². The average molecular weight is 323 g/mol. The summed E-state index contributed by atoms with van der Waals surface area (Å²) in [5.74, 6) is 0. The van der Waals surface area contributed by atoms with Gasteiger partial charge in [0.05, 0.1) is 6.10 Å². The molecule has 2 aromatic carbocycles. The predicted molar refractivity (Wildman–Crippen MR) is 90.3 cm³/mol. The lowest BCUT2D eigenvalue weighted by Crippen LogP contribution is -2.11. The summed E-state index contributed by atoms with van der Waals surface area (Å²) in [5, 5.41) is 11.6. The highest BCUT2D eigenvalue weighted by Crippen LogP contribution is 2.30. The summed E-state index contributed by atoms with van der Waals surface area (Å²) in [4.78, 5) is 0. The molecule has 0 amide bonds. The molecule has 0 aliphatic rings. The predicted octanol–water partition coefficient (Wildman–Crippen LogP) is 5.57. The zero-order chi connectivity index (χ0) is 15.6. The summed E-state index contributed by atoms with van der Waals surface area (Å²) in [6.07, 6.45) is -0.204. The van der Waals surface area contributed by atoms with E-state index >= 15 is 0 Å². The Morgan fingerprint density at radius 1 is 0.952 bits per heavy atom. The highest BCUT2D eigenvalue weighted by atomic mass is 35.5. The van der Waals surface area contributed by atoms with Gasteiger partial charge < -0.3 is 5.11 Å². The third-order valence-corrected chi connectivity index (χ3v) is 4.33. The van der Waals surface area contributed by atoms with Crippen molar-refractivity contribution in [1.29, 1.82) is 0 Å². The molecule has 2 aromatic rings. The fraction of sp³-hybridized carbons (Fsp3) is 0.333. The molecule has 0 spiro atoms. The van der Waals surface area contributed by atoms with Crippen LogP contribution in [-0.4, -0.2) is 5.11 Å². The highest BCUT2D eigenvalue weighted by Gasteiger charge is 2.16. The zero-order valence-corrected chi connectivity index (χ0v) is 14.0. The molecule has 0 saturated carbocycles. The number of aliphatic hydroxyl groups excluding tert-OH is 1. The van der Waals surface area contributed by atoms with Gasteiger partial charge in [-0.25, -0.2) is 0 Å². The van der Waals surface area contributed by atoms with Gasteiger partial charge in [-0.1, -0.05) is 74.3 Å². The molecule has 0 heterocycles. The normalized spacial score (nSPS) is 13.2. The minimum absolute atomic E-state index is 0.107. The van der Waals surface area contributed by atoms with Crippen LogP contribution >= 0.6 is 23.2 Å². The molecule has 0 fully saturated rings. The maximum atomic E-state index is 10.4. The molecule has 3 heteroatoms. The monoisotopic (exact) mass is 322 g/mol. The smallest absolute Gasteiger partial charge is 0.0831 e. The van der Waals surface area contributed by atoms with Crippen molar-refractivity contribution in [3.63, 3.8) is 0 Å². The Bertz CT molecular complexity index is 592. The van der Waals surface area contributed by atoms with Gasteiger partial charge >= 0.3 is 0 Å². The van der Waals surface area contributed by atoms with Crippen LogP contribution in [0.15, 0.2) is 42.5 Å². The number of hydrogen-bond acceptors (Lipinski definition) is 1. The first-order valence-corrected chi connectivity index (χ1v) is 7.76. The van der Waals surface area contributed by atoms with Crippen LogP contribution in [0, 0.1) is 0 Å². The van der Waals surface area contributed by atoms with Gasteiger partial charge in [-0.2, -0.15) is 0 Å². The maximum absolute atomic E-state index is 10.4. The Kier molecular flexibility index (Phi) is 4.98. The minimum Gasteiger partial charge on any atom is -0.388 e. The molecular weight excluding hydrogens is 303 g/mol. The van der Waals surface area contributed by atoms with Gasteiger partial charge in [0.25, 0.3) is 0 Å². The van der Waals surface area contributed by atoms with Crippen molar-refractivity contribution in [1.82, 2.24) is 0 Å². The Morgan fingerprint density at radius 2 is 1.48 bits per heavy atom. The van der Waals surface area contributed by atoms with Crippen LogP contribution in [-0.2, 0) is 11.8 Å². The zero-order valence-electron chi connectivity index (χ0n) is 12.5. The van der Waals surface area contributed by atoms with Gasteiger partial charge in [0.15, 0.2) is 0 Å². The van der Waals surface area contributed by atoms with Crippen molar-refractivity contribution in [2.75, 3.05) is 0 Å². The first-order chi connectivity index (χ1) is 9.79. The van der Waals surface area contributed by atoms with E-state index in [2.05, 4.69) is 32.9 Å². The number of rotatable bonds is 3. The topological polar surface area (TPSA) is 20.2 Å². The van der Waals surface area contributed by atoms with E-state index in [0.717, 1.165) is 11.1 Å². The lowest BCUT2D eigenvalue weighted by molar-refractivity contribution is 0.178. The second-order valence-electron chi connectivity index (χ2n) is 6.29. The van der Waals surface area contributed by atoms with Crippen LogP contribution in [0.5, 0.6) is 0 Å². The number of benzene rings is 2. The summed E-state index contributed by atoms with van der Waals surface area (Å²) in [6.45, 7) is 6.51. The maximum Gasteiger partial charge on any atom is 0.0831 e. The van der Waals surface area contributed by atoms with Gasteiger partial charge in [0.1, 0.15) is 0 Å². The molecule has 1 N–H and O–H groups in total. The largest absolute Gasteiger partial charge is 0.388 e. The Morgan fingerprint density at radius 3 is 1.95 bits per heavy atom. The van der Waals surface area contributed by atoms with Crippen LogP contribution in [0.1, 0.15) is 43.6 Å². The fourth-order valence-electron chi connectivity index (χ4n) is 2.24. The van der Waals surface area contributed by atoms with E-state index in [4.69, 9.17) is 23.2 Å². The molecule has 1 unspecified atom stereocenters. The molecule has 0 bridgehead atoms. The molecule has 112 valence electrons. The molecule has 0 aliphatic heterocycles. The minimum atomic E-state index is -0.614. The Hall–Kier alpha value is -1.02. The van der Waals surface area contributed by atoms with E-state index in [0.29, 0.717) is 16.5 Å². The van der Waals surface area contributed by atoms with Crippen molar-refractivity contribution in [2.45, 2.75) is 38.7 Å². The summed E-state index contributed by atoms with van der Waals surface area (Å²) in [5.41, 5.74) is 3.01. The molecule has 21 heavy (non-hydrogen) atoms. The SMILES string of the molecule is CC(C)(C)c1ccc(C(O)Cc2c(Cl)cccc2Cl)cc1. The van der Waals surface area contributed by atoms with Crippen LogP contribution in [0.2, 0.25) is 10.0 Å². The first kappa shape index (κ1) is 16.4. The Balaban J connectivity index is 2.19. The van der Waals surface area contributed by atoms with Gasteiger partial charge in [-0.15, -0.1) is 0 Å². The summed E-state index contributed by atoms with van der Waals surface area (Å²) in [6, 6.07) is 13.4. The van der Waals surface area contributed by atoms with E-state index in [1.165, 1.54) is 5.56 Å². The number of halogens is 2. The van der Waals surface area contributed by atoms with E-state index < -0.39 is 6.10 Å². The lowest BCUT2D eigenvalue weighted by Gasteiger charge is -2.20. The molecule has 0 saturated heterocycles. The van der Waals surface area contributed by atoms with Gasteiger partial charge in [-0.3, -0.25) is 0 Å². The highest BCUT2D eigenvalue weighted by molar-refractivity contribution is 6.36. The fourth-order valence-corrected chi connectivity index (χ4v) is 2.80. The second kappa shape index (κ2) is 6.39. The van der Waals surface area contributed by atoms with Crippen molar-refractivity contribution in [2.24, 2.45) is 0 Å². The quantitative estimate of drug-likeness (QED) is 0.783. The van der Waals surface area contributed by atoms with E-state index in [9.17, 15) is 5.11 Å². The summed E-state index contributed by atoms with van der Waals surface area (Å²) < 4.78 is 0. The van der Waals surface area contributed by atoms with E-state index in [1.807, 2.05) is 12.1 Å². The molecule has 0 aliphatic carbocycles. The van der Waals surface area contributed by atoms with Crippen LogP contribution in [0.3, 0.4) is 0 Å². The molecule has 2 rings (SSSR count). The molecule has 1 atom stereocenters. The third-order valence-electron chi connectivity index (χ3n) is 3.62. The van der Waals surface area contributed by atoms with E-state index in [1.54, 1.807) is 18.2 Å². The second-order valence-corrected chi connectivity index (χ2v) is 7.11. The molecule has 0 radical (unpaired) electrons. The van der Waals surface area contributed by atoms with Crippen molar-refractivity contribution in [3.8, 4) is 0 Å². The van der Waals surface area contributed by atoms with Gasteiger partial charge in [0, 0.05) is 16.5 Å². The molecule has 1 nitrogen and oxygen atoms in total.